The second-order valence-corrected chi connectivity index (χ2v) is 10.6. The average Bonchev–Trinajstić information content (AvgIpc) is 3.48. The van der Waals surface area contributed by atoms with Gasteiger partial charge in [-0.2, -0.15) is 9.61 Å². The van der Waals surface area contributed by atoms with E-state index in [9.17, 15) is 4.79 Å². The van der Waals surface area contributed by atoms with Crippen LogP contribution in [0.15, 0.2) is 12.5 Å². The van der Waals surface area contributed by atoms with Crippen LogP contribution >= 0.6 is 0 Å². The summed E-state index contributed by atoms with van der Waals surface area (Å²) in [6, 6.07) is 0. The molecule has 0 radical (unpaired) electrons. The maximum absolute atomic E-state index is 12.5. The van der Waals surface area contributed by atoms with Crippen molar-refractivity contribution < 1.29 is 14.3 Å². The third-order valence-electron chi connectivity index (χ3n) is 7.32. The highest BCUT2D eigenvalue weighted by molar-refractivity contribution is 5.68. The zero-order chi connectivity index (χ0) is 23.2. The first-order valence-corrected chi connectivity index (χ1v) is 12.1. The first kappa shape index (κ1) is 22.3. The Kier molecular flexibility index (Phi) is 5.68. The number of ether oxygens (including phenoxy) is 2. The molecule has 180 valence electrons. The van der Waals surface area contributed by atoms with Crippen LogP contribution in [0, 0.1) is 0 Å². The molecule has 0 saturated carbocycles. The predicted octanol–water partition coefficient (Wildman–Crippen LogP) is 2.79. The van der Waals surface area contributed by atoms with Crippen LogP contribution in [-0.2, 0) is 9.47 Å². The number of fused-ring (bicyclic) bond motifs is 1. The highest BCUT2D eigenvalue weighted by atomic mass is 16.6. The molecular weight excluding hydrogens is 422 g/mol. The number of nitrogen functional groups attached to an aromatic ring is 1. The molecule has 3 saturated heterocycles. The van der Waals surface area contributed by atoms with Gasteiger partial charge in [-0.1, -0.05) is 0 Å². The Morgan fingerprint density at radius 3 is 2.76 bits per heavy atom. The SMILES string of the molecule is CC(C)(C)OC(=O)N1CCC2(CCCN2CC2CCC(c3cnn4c(N)ncnc34)O2)CC1. The van der Waals surface area contributed by atoms with Crippen LogP contribution in [0.2, 0.25) is 0 Å². The second kappa shape index (κ2) is 8.39. The highest BCUT2D eigenvalue weighted by Gasteiger charge is 2.45. The molecule has 3 aliphatic rings. The zero-order valence-corrected chi connectivity index (χ0v) is 19.9. The van der Waals surface area contributed by atoms with E-state index in [1.54, 1.807) is 10.7 Å². The molecule has 10 nitrogen and oxygen atoms in total. The van der Waals surface area contributed by atoms with Crippen molar-refractivity contribution in [3.63, 3.8) is 0 Å². The molecule has 0 aromatic carbocycles. The van der Waals surface area contributed by atoms with Crippen LogP contribution in [0.3, 0.4) is 0 Å². The lowest BCUT2D eigenvalue weighted by Crippen LogP contribution is -2.55. The van der Waals surface area contributed by atoms with Gasteiger partial charge in [-0.25, -0.2) is 14.8 Å². The van der Waals surface area contributed by atoms with Crippen molar-refractivity contribution in [3.05, 3.63) is 18.1 Å². The number of carbonyl (C=O) groups excluding carboxylic acids is 1. The second-order valence-electron chi connectivity index (χ2n) is 10.6. The van der Waals surface area contributed by atoms with E-state index in [0.29, 0.717) is 5.95 Å². The standard InChI is InChI=1S/C23H35N7O3/c1-22(2,3)33-21(31)28-11-8-23(9-12-28)7-4-10-29(23)14-16-5-6-18(32-16)17-13-27-30-19(17)25-15-26-20(30)24/h13,15-16,18H,4-12,14H2,1-3H3,(H2,24,25,26). The summed E-state index contributed by atoms with van der Waals surface area (Å²) in [5, 5.41) is 4.34. The molecule has 5 heterocycles. The Labute approximate surface area is 194 Å². The van der Waals surface area contributed by atoms with Gasteiger partial charge >= 0.3 is 6.09 Å². The van der Waals surface area contributed by atoms with Gasteiger partial charge in [0.15, 0.2) is 5.65 Å². The smallest absolute Gasteiger partial charge is 0.410 e. The van der Waals surface area contributed by atoms with Crippen LogP contribution in [-0.4, -0.2) is 78.9 Å². The quantitative estimate of drug-likeness (QED) is 0.749. The average molecular weight is 458 g/mol. The van der Waals surface area contributed by atoms with E-state index in [-0.39, 0.29) is 23.8 Å². The van der Waals surface area contributed by atoms with E-state index in [4.69, 9.17) is 15.2 Å². The number of hydrogen-bond donors (Lipinski definition) is 1. The Balaban J connectivity index is 1.20. The number of nitrogens with zero attached hydrogens (tertiary/aromatic N) is 6. The van der Waals surface area contributed by atoms with E-state index < -0.39 is 5.60 Å². The summed E-state index contributed by atoms with van der Waals surface area (Å²) in [4.78, 5) is 25.3. The maximum atomic E-state index is 12.5. The van der Waals surface area contributed by atoms with E-state index in [0.717, 1.165) is 63.1 Å². The Morgan fingerprint density at radius 1 is 1.21 bits per heavy atom. The van der Waals surface area contributed by atoms with Crippen LogP contribution < -0.4 is 5.73 Å². The number of hydrogen-bond acceptors (Lipinski definition) is 8. The van der Waals surface area contributed by atoms with Gasteiger partial charge in [-0.05, 0) is 65.8 Å². The molecule has 5 rings (SSSR count). The van der Waals surface area contributed by atoms with Crippen molar-refractivity contribution in [1.82, 2.24) is 29.4 Å². The molecule has 2 unspecified atom stereocenters. The van der Waals surface area contributed by atoms with Crippen LogP contribution in [0.1, 0.15) is 71.0 Å². The van der Waals surface area contributed by atoms with Crippen molar-refractivity contribution >= 4 is 17.7 Å². The van der Waals surface area contributed by atoms with E-state index >= 15 is 0 Å². The fraction of sp³-hybridized carbons (Fsp3) is 0.739. The lowest BCUT2D eigenvalue weighted by Gasteiger charge is -2.45. The van der Waals surface area contributed by atoms with Crippen molar-refractivity contribution in [2.45, 2.75) is 82.6 Å². The molecule has 3 fully saturated rings. The van der Waals surface area contributed by atoms with Gasteiger partial charge in [0.25, 0.3) is 0 Å². The largest absolute Gasteiger partial charge is 0.444 e. The Bertz CT molecular complexity index is 1010. The molecule has 10 heteroatoms. The number of anilines is 1. The summed E-state index contributed by atoms with van der Waals surface area (Å²) >= 11 is 0. The van der Waals surface area contributed by atoms with Crippen LogP contribution in [0.5, 0.6) is 0 Å². The summed E-state index contributed by atoms with van der Waals surface area (Å²) in [6.07, 6.45) is 9.58. The molecule has 33 heavy (non-hydrogen) atoms. The van der Waals surface area contributed by atoms with Crippen molar-refractivity contribution in [2.75, 3.05) is 31.9 Å². The number of rotatable bonds is 3. The van der Waals surface area contributed by atoms with Crippen molar-refractivity contribution in [3.8, 4) is 0 Å². The summed E-state index contributed by atoms with van der Waals surface area (Å²) in [5.74, 6) is 0.331. The molecule has 0 aliphatic carbocycles. The summed E-state index contributed by atoms with van der Waals surface area (Å²) in [5.41, 5.74) is 7.33. The third-order valence-corrected chi connectivity index (χ3v) is 7.32. The number of nitrogens with two attached hydrogens (primary N) is 1. The zero-order valence-electron chi connectivity index (χ0n) is 19.9. The van der Waals surface area contributed by atoms with Gasteiger partial charge in [0.2, 0.25) is 5.95 Å². The summed E-state index contributed by atoms with van der Waals surface area (Å²) in [6.45, 7) is 9.28. The van der Waals surface area contributed by atoms with E-state index in [1.165, 1.54) is 19.2 Å². The number of aromatic nitrogens is 4. The van der Waals surface area contributed by atoms with Gasteiger partial charge in [0, 0.05) is 30.7 Å². The normalized spacial score (nSPS) is 25.8. The van der Waals surface area contributed by atoms with E-state index in [2.05, 4.69) is 20.0 Å². The van der Waals surface area contributed by atoms with Crippen molar-refractivity contribution in [1.29, 1.82) is 0 Å². The number of carbonyl (C=O) groups is 1. The van der Waals surface area contributed by atoms with Gasteiger partial charge in [0.05, 0.1) is 18.4 Å². The monoisotopic (exact) mass is 457 g/mol. The molecule has 2 aromatic heterocycles. The molecule has 1 amide bonds. The minimum atomic E-state index is -0.458. The number of amides is 1. The first-order valence-electron chi connectivity index (χ1n) is 12.1. The predicted molar refractivity (Wildman–Crippen MR) is 123 cm³/mol. The topological polar surface area (TPSA) is 111 Å². The molecule has 2 atom stereocenters. The molecule has 0 bridgehead atoms. The highest BCUT2D eigenvalue weighted by Crippen LogP contribution is 2.41. The minimum Gasteiger partial charge on any atom is -0.444 e. The number of likely N-dealkylation sites (tertiary alicyclic amines) is 2. The van der Waals surface area contributed by atoms with Gasteiger partial charge in [-0.3, -0.25) is 4.90 Å². The van der Waals surface area contributed by atoms with Gasteiger partial charge < -0.3 is 20.1 Å². The fourth-order valence-electron chi connectivity index (χ4n) is 5.67. The van der Waals surface area contributed by atoms with E-state index in [1.807, 2.05) is 25.7 Å². The van der Waals surface area contributed by atoms with Crippen molar-refractivity contribution in [2.24, 2.45) is 0 Å². The molecular formula is C23H35N7O3. The van der Waals surface area contributed by atoms with Crippen LogP contribution in [0.25, 0.3) is 5.65 Å². The molecule has 3 aliphatic heterocycles. The third kappa shape index (κ3) is 4.38. The molecule has 2 aromatic rings. The van der Waals surface area contributed by atoms with Crippen LogP contribution in [0.4, 0.5) is 10.7 Å². The molecule has 1 spiro atoms. The maximum Gasteiger partial charge on any atom is 0.410 e. The first-order chi connectivity index (χ1) is 15.7. The fourth-order valence-corrected chi connectivity index (χ4v) is 5.67. The lowest BCUT2D eigenvalue weighted by atomic mass is 9.85. The minimum absolute atomic E-state index is 0.0191. The van der Waals surface area contributed by atoms with Gasteiger partial charge in [0.1, 0.15) is 11.9 Å². The number of piperidine rings is 1. The lowest BCUT2D eigenvalue weighted by molar-refractivity contribution is -0.0206. The summed E-state index contributed by atoms with van der Waals surface area (Å²) < 4.78 is 13.6. The Hall–Kier alpha value is -2.46. The summed E-state index contributed by atoms with van der Waals surface area (Å²) in [7, 11) is 0. The van der Waals surface area contributed by atoms with Gasteiger partial charge in [-0.15, -0.1) is 0 Å². The Morgan fingerprint density at radius 2 is 2.00 bits per heavy atom. The molecule has 2 N–H and O–H groups in total.